The molecule has 4 N–H and O–H groups in total. The maximum absolute atomic E-state index is 9.49. The van der Waals surface area contributed by atoms with E-state index < -0.39 is 12.2 Å². The van der Waals surface area contributed by atoms with Crippen molar-refractivity contribution < 1.29 is 29.9 Å². The summed E-state index contributed by atoms with van der Waals surface area (Å²) in [7, 11) is 0. The van der Waals surface area contributed by atoms with Gasteiger partial charge in [0.15, 0.2) is 0 Å². The van der Waals surface area contributed by atoms with Crippen molar-refractivity contribution >= 4 is 0 Å². The Morgan fingerprint density at radius 3 is 1.61 bits per heavy atom. The molecule has 4 unspecified atom stereocenters. The van der Waals surface area contributed by atoms with Gasteiger partial charge < -0.3 is 29.9 Å². The van der Waals surface area contributed by atoms with Gasteiger partial charge in [0.2, 0.25) is 0 Å². The van der Waals surface area contributed by atoms with Crippen LogP contribution >= 0.6 is 0 Å². The van der Waals surface area contributed by atoms with Gasteiger partial charge in [0, 0.05) is 5.41 Å². The normalized spacial score (nSPS) is 17.2. The zero-order valence-electron chi connectivity index (χ0n) is 15.8. The third-order valence-electron chi connectivity index (χ3n) is 3.33. The van der Waals surface area contributed by atoms with Gasteiger partial charge in [0.25, 0.3) is 0 Å². The number of aliphatic hydroxyl groups is 4. The molecule has 6 nitrogen and oxygen atoms in total. The van der Waals surface area contributed by atoms with E-state index in [2.05, 4.69) is 0 Å². The van der Waals surface area contributed by atoms with E-state index in [1.54, 1.807) is 13.8 Å². The van der Waals surface area contributed by atoms with Crippen molar-refractivity contribution in [3.63, 3.8) is 0 Å². The van der Waals surface area contributed by atoms with Gasteiger partial charge in [-0.05, 0) is 26.7 Å². The Bertz CT molecular complexity index is 268. The molecule has 23 heavy (non-hydrogen) atoms. The molecule has 0 bridgehead atoms. The van der Waals surface area contributed by atoms with Crippen LogP contribution in [0.5, 0.6) is 0 Å². The van der Waals surface area contributed by atoms with Crippen LogP contribution in [0.2, 0.25) is 0 Å². The van der Waals surface area contributed by atoms with Crippen molar-refractivity contribution in [2.45, 2.75) is 72.9 Å². The van der Waals surface area contributed by atoms with E-state index in [0.717, 1.165) is 0 Å². The first kappa shape index (κ1) is 25.0. The number of rotatable bonds is 10. The molecule has 0 spiro atoms. The Morgan fingerprint density at radius 2 is 1.30 bits per heavy atom. The van der Waals surface area contributed by atoms with E-state index in [4.69, 9.17) is 24.8 Å². The minimum atomic E-state index is -0.447. The molecule has 0 amide bonds. The molecule has 0 aliphatic heterocycles. The van der Waals surface area contributed by atoms with Crippen LogP contribution in [-0.4, -0.2) is 71.3 Å². The number of hydrogen-bond donors (Lipinski definition) is 4. The second-order valence-electron chi connectivity index (χ2n) is 7.16. The molecule has 0 aliphatic rings. The highest BCUT2D eigenvalue weighted by Crippen LogP contribution is 2.24. The Balaban J connectivity index is 0. The van der Waals surface area contributed by atoms with Crippen LogP contribution in [0.15, 0.2) is 0 Å². The summed E-state index contributed by atoms with van der Waals surface area (Å²) < 4.78 is 10.5. The molecule has 0 aromatic heterocycles. The van der Waals surface area contributed by atoms with Crippen molar-refractivity contribution in [3.05, 3.63) is 0 Å². The van der Waals surface area contributed by atoms with Crippen molar-refractivity contribution in [2.24, 2.45) is 11.3 Å². The van der Waals surface area contributed by atoms with Gasteiger partial charge in [-0.2, -0.15) is 0 Å². The number of aliphatic hydroxyl groups excluding tert-OH is 4. The zero-order chi connectivity index (χ0) is 18.6. The van der Waals surface area contributed by atoms with Crippen molar-refractivity contribution in [1.82, 2.24) is 0 Å². The third kappa shape index (κ3) is 13.9. The number of ether oxygens (including phenoxy) is 2. The summed E-state index contributed by atoms with van der Waals surface area (Å²) in [5, 5.41) is 35.9. The monoisotopic (exact) mass is 338 g/mol. The summed E-state index contributed by atoms with van der Waals surface area (Å²) in [6.45, 7) is 13.7. The van der Waals surface area contributed by atoms with Crippen molar-refractivity contribution in [1.29, 1.82) is 0 Å². The molecule has 0 radical (unpaired) electrons. The minimum Gasteiger partial charge on any atom is -0.396 e. The highest BCUT2D eigenvalue weighted by Gasteiger charge is 2.28. The molecule has 0 saturated heterocycles. The lowest BCUT2D eigenvalue weighted by Gasteiger charge is -2.30. The molecule has 0 saturated carbocycles. The average Bonchev–Trinajstić information content (AvgIpc) is 2.49. The highest BCUT2D eigenvalue weighted by molar-refractivity contribution is 4.78. The number of hydrogen-bond acceptors (Lipinski definition) is 6. The van der Waals surface area contributed by atoms with Crippen LogP contribution in [0.4, 0.5) is 0 Å². The van der Waals surface area contributed by atoms with Gasteiger partial charge in [-0.25, -0.2) is 0 Å². The van der Waals surface area contributed by atoms with E-state index >= 15 is 0 Å². The Hall–Kier alpha value is -0.240. The summed E-state index contributed by atoms with van der Waals surface area (Å²) in [5.74, 6) is 0.210. The van der Waals surface area contributed by atoms with Crippen molar-refractivity contribution in [2.75, 3.05) is 26.4 Å². The fraction of sp³-hybridized carbons (Fsp3) is 1.00. The second-order valence-corrected chi connectivity index (χ2v) is 7.16. The van der Waals surface area contributed by atoms with Crippen LogP contribution in [0.1, 0.15) is 48.5 Å². The summed E-state index contributed by atoms with van der Waals surface area (Å²) in [5.41, 5.74) is -0.367. The molecular formula is C17H38O6. The molecule has 0 aromatic carbocycles. The molecule has 0 aromatic rings. The maximum Gasteiger partial charge on any atom is 0.0781 e. The molecular weight excluding hydrogens is 300 g/mol. The first-order valence-corrected chi connectivity index (χ1v) is 8.28. The van der Waals surface area contributed by atoms with Crippen molar-refractivity contribution in [3.8, 4) is 0 Å². The largest absolute Gasteiger partial charge is 0.396 e. The van der Waals surface area contributed by atoms with Gasteiger partial charge in [-0.3, -0.25) is 0 Å². The van der Waals surface area contributed by atoms with Crippen LogP contribution in [0, 0.1) is 11.3 Å². The molecule has 4 atom stereocenters. The molecule has 0 heterocycles. The Kier molecular flexibility index (Phi) is 14.2. The zero-order valence-corrected chi connectivity index (χ0v) is 15.8. The molecule has 142 valence electrons. The third-order valence-corrected chi connectivity index (χ3v) is 3.33. The minimum absolute atomic E-state index is 0.0170. The van der Waals surface area contributed by atoms with E-state index in [-0.39, 0.29) is 36.8 Å². The van der Waals surface area contributed by atoms with E-state index in [1.165, 1.54) is 0 Å². The summed E-state index contributed by atoms with van der Waals surface area (Å²) >= 11 is 0. The smallest absolute Gasteiger partial charge is 0.0781 e. The van der Waals surface area contributed by atoms with Crippen LogP contribution in [0.3, 0.4) is 0 Å². The van der Waals surface area contributed by atoms with Crippen LogP contribution in [0.25, 0.3) is 0 Å². The SMILES string of the molecule is CC(C)C(O)C(C)(C)CO.CC(O)COC(C)COC(C)CO. The predicted octanol–water partition coefficient (Wildman–Crippen LogP) is 1.19. The second kappa shape index (κ2) is 13.1. The van der Waals surface area contributed by atoms with Gasteiger partial charge in [-0.1, -0.05) is 27.7 Å². The lowest BCUT2D eigenvalue weighted by atomic mass is 9.82. The van der Waals surface area contributed by atoms with Gasteiger partial charge >= 0.3 is 0 Å². The van der Waals surface area contributed by atoms with Crippen LogP contribution < -0.4 is 0 Å². The van der Waals surface area contributed by atoms with Gasteiger partial charge in [0.1, 0.15) is 0 Å². The van der Waals surface area contributed by atoms with Crippen LogP contribution in [-0.2, 0) is 9.47 Å². The highest BCUT2D eigenvalue weighted by atomic mass is 16.5. The van der Waals surface area contributed by atoms with E-state index in [9.17, 15) is 5.11 Å². The average molecular weight is 338 g/mol. The first-order chi connectivity index (χ1) is 10.5. The van der Waals surface area contributed by atoms with E-state index in [0.29, 0.717) is 13.2 Å². The van der Waals surface area contributed by atoms with Gasteiger partial charge in [0.05, 0.1) is 50.8 Å². The summed E-state index contributed by atoms with van der Waals surface area (Å²) in [6.07, 6.45) is -1.07. The van der Waals surface area contributed by atoms with Gasteiger partial charge in [-0.15, -0.1) is 0 Å². The maximum atomic E-state index is 9.49. The molecule has 0 aliphatic carbocycles. The summed E-state index contributed by atoms with van der Waals surface area (Å²) in [6, 6.07) is 0. The summed E-state index contributed by atoms with van der Waals surface area (Å²) in [4.78, 5) is 0. The fourth-order valence-electron chi connectivity index (χ4n) is 1.70. The Morgan fingerprint density at radius 1 is 0.826 bits per heavy atom. The lowest BCUT2D eigenvalue weighted by Crippen LogP contribution is -2.36. The fourth-order valence-corrected chi connectivity index (χ4v) is 1.70. The predicted molar refractivity (Wildman–Crippen MR) is 91.3 cm³/mol. The molecule has 0 rings (SSSR count). The standard InChI is InChI=1S/C9H20O4.C8H18O2/c1-7(11)5-12-9(3)6-13-8(2)4-10;1-6(2)7(10)8(3,4)5-9/h7-11H,4-6H2,1-3H3;6-7,9-10H,5H2,1-4H3. The first-order valence-electron chi connectivity index (χ1n) is 8.28. The topological polar surface area (TPSA) is 99.4 Å². The molecule has 0 fully saturated rings. The molecule has 6 heteroatoms. The van der Waals surface area contributed by atoms with E-state index in [1.807, 2.05) is 34.6 Å². The lowest BCUT2D eigenvalue weighted by molar-refractivity contribution is -0.0620. The Labute approximate surface area is 141 Å². The quantitative estimate of drug-likeness (QED) is 0.477.